The lowest BCUT2D eigenvalue weighted by Crippen LogP contribution is -2.45. The Morgan fingerprint density at radius 3 is 2.56 bits per heavy atom. The van der Waals surface area contributed by atoms with Gasteiger partial charge >= 0.3 is 12.0 Å². The normalized spacial score (nSPS) is 16.9. The summed E-state index contributed by atoms with van der Waals surface area (Å²) >= 11 is 0. The van der Waals surface area contributed by atoms with Gasteiger partial charge in [0.15, 0.2) is 0 Å². The summed E-state index contributed by atoms with van der Waals surface area (Å²) in [7, 11) is 1.59. The van der Waals surface area contributed by atoms with Crippen LogP contribution >= 0.6 is 0 Å². The highest BCUT2D eigenvalue weighted by Crippen LogP contribution is 2.37. The second-order valence-corrected chi connectivity index (χ2v) is 4.78. The van der Waals surface area contributed by atoms with Crippen LogP contribution in [0.5, 0.6) is 0 Å². The van der Waals surface area contributed by atoms with Crippen molar-refractivity contribution in [1.29, 1.82) is 5.26 Å². The third-order valence-electron chi connectivity index (χ3n) is 3.50. The Labute approximate surface area is 107 Å². The van der Waals surface area contributed by atoms with Crippen LogP contribution in [0, 0.1) is 16.7 Å². The Kier molecular flexibility index (Phi) is 4.95. The number of rotatable bonds is 5. The van der Waals surface area contributed by atoms with Crippen molar-refractivity contribution in [2.75, 3.05) is 20.1 Å². The molecule has 6 nitrogen and oxygen atoms in total. The SMILES string of the molecule is CN(CCC#N)C(=O)NCC1(C(=O)O)CCCC1. The minimum atomic E-state index is -0.833. The smallest absolute Gasteiger partial charge is 0.317 e. The molecule has 0 saturated heterocycles. The standard InChI is InChI=1S/C12H19N3O3/c1-15(8-4-7-13)11(18)14-9-12(10(16)17)5-2-3-6-12/h2-6,8-9H2,1H3,(H,14,18)(H,16,17). The average Bonchev–Trinajstić information content (AvgIpc) is 2.83. The van der Waals surface area contributed by atoms with E-state index in [9.17, 15) is 14.7 Å². The topological polar surface area (TPSA) is 93.4 Å². The van der Waals surface area contributed by atoms with Gasteiger partial charge in [0.25, 0.3) is 0 Å². The molecule has 0 aromatic carbocycles. The van der Waals surface area contributed by atoms with E-state index >= 15 is 0 Å². The molecule has 1 saturated carbocycles. The molecular formula is C12H19N3O3. The second kappa shape index (κ2) is 6.24. The van der Waals surface area contributed by atoms with Crippen molar-refractivity contribution in [3.05, 3.63) is 0 Å². The molecule has 0 radical (unpaired) electrons. The molecule has 0 heterocycles. The first-order valence-corrected chi connectivity index (χ1v) is 6.11. The van der Waals surface area contributed by atoms with E-state index in [1.165, 1.54) is 4.90 Å². The zero-order valence-corrected chi connectivity index (χ0v) is 10.6. The Hall–Kier alpha value is -1.77. The van der Waals surface area contributed by atoms with Crippen LogP contribution in [0.3, 0.4) is 0 Å². The van der Waals surface area contributed by atoms with Gasteiger partial charge in [-0.3, -0.25) is 4.79 Å². The molecule has 0 spiro atoms. The number of carbonyl (C=O) groups excluding carboxylic acids is 1. The number of nitrogens with one attached hydrogen (secondary N) is 1. The Balaban J connectivity index is 2.46. The number of aliphatic carboxylic acids is 1. The summed E-state index contributed by atoms with van der Waals surface area (Å²) in [4.78, 5) is 24.3. The average molecular weight is 253 g/mol. The summed E-state index contributed by atoms with van der Waals surface area (Å²) in [6.45, 7) is 0.514. The van der Waals surface area contributed by atoms with E-state index in [1.54, 1.807) is 7.05 Å². The van der Waals surface area contributed by atoms with Gasteiger partial charge in [0.1, 0.15) is 0 Å². The van der Waals surface area contributed by atoms with Gasteiger partial charge in [-0.2, -0.15) is 5.26 Å². The highest BCUT2D eigenvalue weighted by atomic mass is 16.4. The van der Waals surface area contributed by atoms with E-state index in [0.29, 0.717) is 19.4 Å². The summed E-state index contributed by atoms with van der Waals surface area (Å²) in [6.07, 6.45) is 3.29. The molecule has 1 aliphatic carbocycles. The number of nitrogens with zero attached hydrogens (tertiary/aromatic N) is 2. The molecule has 0 bridgehead atoms. The maximum absolute atomic E-state index is 11.7. The molecule has 0 aromatic rings. The van der Waals surface area contributed by atoms with Crippen LogP contribution < -0.4 is 5.32 Å². The second-order valence-electron chi connectivity index (χ2n) is 4.78. The summed E-state index contributed by atoms with van der Waals surface area (Å²) < 4.78 is 0. The minimum absolute atomic E-state index is 0.165. The van der Waals surface area contributed by atoms with E-state index < -0.39 is 11.4 Å². The Morgan fingerprint density at radius 2 is 2.06 bits per heavy atom. The van der Waals surface area contributed by atoms with Crippen molar-refractivity contribution in [3.8, 4) is 6.07 Å². The Bertz CT molecular complexity index is 356. The molecule has 18 heavy (non-hydrogen) atoms. The van der Waals surface area contributed by atoms with Crippen molar-refractivity contribution >= 4 is 12.0 Å². The number of hydrogen-bond donors (Lipinski definition) is 2. The predicted molar refractivity (Wildman–Crippen MR) is 64.8 cm³/mol. The third kappa shape index (κ3) is 3.36. The van der Waals surface area contributed by atoms with Crippen LogP contribution in [0.25, 0.3) is 0 Å². The first kappa shape index (κ1) is 14.3. The van der Waals surface area contributed by atoms with Crippen LogP contribution in [-0.4, -0.2) is 42.1 Å². The van der Waals surface area contributed by atoms with Crippen molar-refractivity contribution in [3.63, 3.8) is 0 Å². The molecule has 0 unspecified atom stereocenters. The largest absolute Gasteiger partial charge is 0.481 e. The lowest BCUT2D eigenvalue weighted by Gasteiger charge is -2.25. The van der Waals surface area contributed by atoms with Crippen LogP contribution in [-0.2, 0) is 4.79 Å². The van der Waals surface area contributed by atoms with Gasteiger partial charge in [-0.25, -0.2) is 4.79 Å². The van der Waals surface area contributed by atoms with E-state index in [2.05, 4.69) is 5.32 Å². The number of carboxylic acids is 1. The maximum atomic E-state index is 11.7. The van der Waals surface area contributed by atoms with Crippen molar-refractivity contribution in [1.82, 2.24) is 10.2 Å². The van der Waals surface area contributed by atoms with Gasteiger partial charge in [0.2, 0.25) is 0 Å². The zero-order chi connectivity index (χ0) is 13.6. The van der Waals surface area contributed by atoms with Gasteiger partial charge in [0, 0.05) is 20.1 Å². The first-order chi connectivity index (χ1) is 8.52. The molecule has 0 aliphatic heterocycles. The summed E-state index contributed by atoms with van der Waals surface area (Å²) in [5, 5.41) is 20.3. The molecule has 2 amide bonds. The van der Waals surface area contributed by atoms with E-state index in [1.807, 2.05) is 6.07 Å². The van der Waals surface area contributed by atoms with E-state index in [-0.39, 0.29) is 19.0 Å². The van der Waals surface area contributed by atoms with Gasteiger partial charge < -0.3 is 15.3 Å². The summed E-state index contributed by atoms with van der Waals surface area (Å²) in [5.74, 6) is -0.833. The van der Waals surface area contributed by atoms with Gasteiger partial charge in [0.05, 0.1) is 17.9 Å². The minimum Gasteiger partial charge on any atom is -0.481 e. The number of amides is 2. The molecule has 6 heteroatoms. The highest BCUT2D eigenvalue weighted by molar-refractivity contribution is 5.78. The van der Waals surface area contributed by atoms with Crippen molar-refractivity contribution < 1.29 is 14.7 Å². The molecular weight excluding hydrogens is 234 g/mol. The van der Waals surface area contributed by atoms with Gasteiger partial charge in [-0.05, 0) is 12.8 Å². The fourth-order valence-electron chi connectivity index (χ4n) is 2.22. The van der Waals surface area contributed by atoms with Crippen LogP contribution in [0.2, 0.25) is 0 Å². The Morgan fingerprint density at radius 1 is 1.44 bits per heavy atom. The number of nitriles is 1. The molecule has 0 atom stereocenters. The lowest BCUT2D eigenvalue weighted by atomic mass is 9.86. The van der Waals surface area contributed by atoms with Crippen molar-refractivity contribution in [2.24, 2.45) is 5.41 Å². The zero-order valence-electron chi connectivity index (χ0n) is 10.6. The monoisotopic (exact) mass is 253 g/mol. The fraction of sp³-hybridized carbons (Fsp3) is 0.750. The maximum Gasteiger partial charge on any atom is 0.317 e. The first-order valence-electron chi connectivity index (χ1n) is 6.11. The quantitative estimate of drug-likeness (QED) is 0.769. The van der Waals surface area contributed by atoms with Crippen LogP contribution in [0.15, 0.2) is 0 Å². The molecule has 1 aliphatic rings. The molecule has 100 valence electrons. The predicted octanol–water partition coefficient (Wildman–Crippen LogP) is 1.19. The highest BCUT2D eigenvalue weighted by Gasteiger charge is 2.41. The number of urea groups is 1. The molecule has 1 fully saturated rings. The van der Waals surface area contributed by atoms with E-state index in [4.69, 9.17) is 5.26 Å². The molecule has 2 N–H and O–H groups in total. The molecule has 0 aromatic heterocycles. The summed E-state index contributed by atoms with van der Waals surface area (Å²) in [6, 6.07) is 1.64. The lowest BCUT2D eigenvalue weighted by molar-refractivity contribution is -0.148. The summed E-state index contributed by atoms with van der Waals surface area (Å²) in [5.41, 5.74) is -0.800. The third-order valence-corrected chi connectivity index (χ3v) is 3.50. The fourth-order valence-corrected chi connectivity index (χ4v) is 2.22. The van der Waals surface area contributed by atoms with E-state index in [0.717, 1.165) is 12.8 Å². The molecule has 1 rings (SSSR count). The van der Waals surface area contributed by atoms with Gasteiger partial charge in [-0.1, -0.05) is 12.8 Å². The van der Waals surface area contributed by atoms with Crippen molar-refractivity contribution in [2.45, 2.75) is 32.1 Å². The van der Waals surface area contributed by atoms with Crippen LogP contribution in [0.1, 0.15) is 32.1 Å². The number of carbonyl (C=O) groups is 2. The number of carboxylic acid groups (broad SMARTS) is 1. The van der Waals surface area contributed by atoms with Crippen LogP contribution in [0.4, 0.5) is 4.79 Å². The van der Waals surface area contributed by atoms with Gasteiger partial charge in [-0.15, -0.1) is 0 Å². The number of hydrogen-bond acceptors (Lipinski definition) is 3.